The van der Waals surface area contributed by atoms with Crippen LogP contribution < -0.4 is 0 Å². The molecule has 0 bridgehead atoms. The van der Waals surface area contributed by atoms with Gasteiger partial charge in [-0.15, -0.1) is 0 Å². The molecule has 4 N–H and O–H groups in total. The molecule has 1 aromatic rings. The van der Waals surface area contributed by atoms with E-state index in [1.54, 1.807) is 0 Å². The fourth-order valence-corrected chi connectivity index (χ4v) is 3.02. The first-order chi connectivity index (χ1) is 14.5. The van der Waals surface area contributed by atoms with Crippen molar-refractivity contribution in [2.75, 3.05) is 0 Å². The van der Waals surface area contributed by atoms with Gasteiger partial charge in [-0.1, -0.05) is 0 Å². The van der Waals surface area contributed by atoms with Crippen molar-refractivity contribution >= 4 is 23.5 Å². The zero-order valence-corrected chi connectivity index (χ0v) is 16.2. The molecule has 31 heavy (non-hydrogen) atoms. The van der Waals surface area contributed by atoms with E-state index in [2.05, 4.69) is 0 Å². The number of phenols is 3. The monoisotopic (exact) mass is 428 g/mol. The molecule has 2 aliphatic rings. The maximum Gasteiger partial charge on any atom is 0.343 e. The number of Topliss-reactive ketones (excluding diaryl/α,β-unsaturated/α-hetero) is 1. The summed E-state index contributed by atoms with van der Waals surface area (Å²) in [7, 11) is 0. The third-order valence-corrected chi connectivity index (χ3v) is 4.75. The van der Waals surface area contributed by atoms with Crippen molar-refractivity contribution in [1.82, 2.24) is 0 Å². The van der Waals surface area contributed by atoms with Crippen molar-refractivity contribution in [3.63, 3.8) is 0 Å². The molecule has 1 atom stereocenters. The lowest BCUT2D eigenvalue weighted by molar-refractivity contribution is -0.145. The number of hydrogen-bond acceptors (Lipinski definition) is 9. The van der Waals surface area contributed by atoms with E-state index < -0.39 is 51.9 Å². The number of benzene rings is 1. The molecular weight excluding hydrogens is 412 g/mol. The lowest BCUT2D eigenvalue weighted by Gasteiger charge is -2.31. The molecule has 0 unspecified atom stereocenters. The summed E-state index contributed by atoms with van der Waals surface area (Å²) >= 11 is 0. The lowest BCUT2D eigenvalue weighted by atomic mass is 9.80. The van der Waals surface area contributed by atoms with Crippen LogP contribution in [0, 0.1) is 6.92 Å². The summed E-state index contributed by atoms with van der Waals surface area (Å²) in [6, 6.07) is 0.720. The molecule has 0 saturated heterocycles. The molecule has 0 radical (unpaired) electrons. The minimum atomic E-state index is -2.29. The summed E-state index contributed by atoms with van der Waals surface area (Å²) in [4.78, 5) is 48.9. The number of carbonyl (C=O) groups is 4. The summed E-state index contributed by atoms with van der Waals surface area (Å²) in [5.41, 5.74) is -2.97. The van der Waals surface area contributed by atoms with Crippen LogP contribution >= 0.6 is 0 Å². The minimum absolute atomic E-state index is 0.0683. The van der Waals surface area contributed by atoms with Gasteiger partial charge in [0.1, 0.15) is 23.3 Å². The first-order valence-electron chi connectivity index (χ1n) is 8.74. The standard InChI is InChI=1S/C21H16O10/c1-9-17(13(22)7-14(23)18(9)27)20(29)31-21(2)15(24)6-10-5-11(3-4-16(25)26)30-8-12(10)19(21)28/h3-8,22-23,27H,1-2H3,(H,25,26)/b4-3-/t21-/m1/s1. The van der Waals surface area contributed by atoms with Crippen LogP contribution in [0.3, 0.4) is 0 Å². The van der Waals surface area contributed by atoms with Gasteiger partial charge < -0.3 is 29.9 Å². The topological polar surface area (TPSA) is 168 Å². The smallest absolute Gasteiger partial charge is 0.343 e. The average molecular weight is 428 g/mol. The summed E-state index contributed by atoms with van der Waals surface area (Å²) in [6.45, 7) is 2.30. The van der Waals surface area contributed by atoms with Crippen molar-refractivity contribution in [3.8, 4) is 17.2 Å². The molecule has 1 aliphatic heterocycles. The number of phenolic OH excluding ortho intramolecular Hbond substituents is 3. The second-order valence-electron chi connectivity index (χ2n) is 6.85. The quantitative estimate of drug-likeness (QED) is 0.181. The van der Waals surface area contributed by atoms with Crippen LogP contribution in [0.5, 0.6) is 17.2 Å². The maximum absolute atomic E-state index is 12.9. The Hall–Kier alpha value is -4.34. The highest BCUT2D eigenvalue weighted by atomic mass is 16.6. The second kappa shape index (κ2) is 7.48. The van der Waals surface area contributed by atoms with Crippen molar-refractivity contribution in [2.24, 2.45) is 0 Å². The first-order valence-corrected chi connectivity index (χ1v) is 8.74. The summed E-state index contributed by atoms with van der Waals surface area (Å²) in [6.07, 6.45) is 5.26. The second-order valence-corrected chi connectivity index (χ2v) is 6.85. The molecule has 0 fully saturated rings. The molecule has 0 aromatic heterocycles. The number of carboxylic acid groups (broad SMARTS) is 1. The molecule has 10 heteroatoms. The van der Waals surface area contributed by atoms with Crippen LogP contribution in [-0.4, -0.2) is 49.5 Å². The Morgan fingerprint density at radius 1 is 1.13 bits per heavy atom. The van der Waals surface area contributed by atoms with Crippen molar-refractivity contribution in [3.05, 3.63) is 64.7 Å². The SMILES string of the molecule is Cc1c(O)c(O)cc(O)c1C(=O)O[C@]1(C)C(=O)C=C2C=C(/C=C\C(=O)O)OC=C2C1=O. The molecule has 1 heterocycles. The average Bonchev–Trinajstić information content (AvgIpc) is 2.69. The molecule has 1 aliphatic carbocycles. The highest BCUT2D eigenvalue weighted by molar-refractivity contribution is 6.26. The summed E-state index contributed by atoms with van der Waals surface area (Å²) in [5, 5.41) is 38.0. The van der Waals surface area contributed by atoms with Crippen LogP contribution in [0.1, 0.15) is 22.8 Å². The maximum atomic E-state index is 12.9. The number of esters is 1. The van der Waals surface area contributed by atoms with Gasteiger partial charge in [-0.2, -0.15) is 0 Å². The van der Waals surface area contributed by atoms with E-state index in [1.807, 2.05) is 0 Å². The fourth-order valence-electron chi connectivity index (χ4n) is 3.02. The van der Waals surface area contributed by atoms with Crippen LogP contribution in [0.4, 0.5) is 0 Å². The number of aliphatic carboxylic acids is 1. The van der Waals surface area contributed by atoms with Gasteiger partial charge in [0.05, 0.1) is 5.57 Å². The van der Waals surface area contributed by atoms with E-state index in [4.69, 9.17) is 14.6 Å². The van der Waals surface area contributed by atoms with Gasteiger partial charge in [0, 0.05) is 17.7 Å². The molecular formula is C21H16O10. The summed E-state index contributed by atoms with van der Waals surface area (Å²) in [5.74, 6) is -6.26. The van der Waals surface area contributed by atoms with Crippen LogP contribution in [0.2, 0.25) is 0 Å². The van der Waals surface area contributed by atoms with Gasteiger partial charge in [0.2, 0.25) is 17.2 Å². The third-order valence-electron chi connectivity index (χ3n) is 4.75. The summed E-state index contributed by atoms with van der Waals surface area (Å²) < 4.78 is 10.3. The Labute approximate surface area is 174 Å². The number of allylic oxidation sites excluding steroid dienone is 3. The number of aromatic hydroxyl groups is 3. The number of rotatable bonds is 4. The number of ether oxygens (including phenoxy) is 2. The Bertz CT molecular complexity index is 1170. The van der Waals surface area contributed by atoms with E-state index in [0.29, 0.717) is 0 Å². The van der Waals surface area contributed by atoms with E-state index >= 15 is 0 Å². The van der Waals surface area contributed by atoms with Crippen LogP contribution in [0.15, 0.2) is 53.5 Å². The molecule has 0 amide bonds. The Morgan fingerprint density at radius 3 is 2.45 bits per heavy atom. The molecule has 160 valence electrons. The molecule has 0 saturated carbocycles. The first kappa shape index (κ1) is 21.4. The minimum Gasteiger partial charge on any atom is -0.507 e. The Morgan fingerprint density at radius 2 is 1.81 bits per heavy atom. The fraction of sp³-hybridized carbons (Fsp3) is 0.143. The van der Waals surface area contributed by atoms with Gasteiger partial charge in [0.15, 0.2) is 11.5 Å². The zero-order chi connectivity index (χ0) is 23.1. The van der Waals surface area contributed by atoms with Crippen molar-refractivity contribution in [2.45, 2.75) is 19.4 Å². The number of fused-ring (bicyclic) bond motifs is 1. The Kier molecular flexibility index (Phi) is 5.16. The van der Waals surface area contributed by atoms with Gasteiger partial charge >= 0.3 is 11.9 Å². The van der Waals surface area contributed by atoms with E-state index in [9.17, 15) is 34.5 Å². The van der Waals surface area contributed by atoms with E-state index in [-0.39, 0.29) is 22.5 Å². The Balaban J connectivity index is 1.95. The predicted octanol–water partition coefficient (Wildman–Crippen LogP) is 1.54. The van der Waals surface area contributed by atoms with Gasteiger partial charge in [0.25, 0.3) is 0 Å². The number of carboxylic acids is 1. The van der Waals surface area contributed by atoms with Gasteiger partial charge in [-0.25, -0.2) is 9.59 Å². The van der Waals surface area contributed by atoms with E-state index in [1.165, 1.54) is 13.0 Å². The predicted molar refractivity (Wildman–Crippen MR) is 102 cm³/mol. The number of carbonyl (C=O) groups excluding carboxylic acids is 3. The van der Waals surface area contributed by atoms with Gasteiger partial charge in [-0.05, 0) is 37.6 Å². The largest absolute Gasteiger partial charge is 0.507 e. The highest BCUT2D eigenvalue weighted by Gasteiger charge is 2.50. The highest BCUT2D eigenvalue weighted by Crippen LogP contribution is 2.39. The molecule has 1 aromatic carbocycles. The lowest BCUT2D eigenvalue weighted by Crippen LogP contribution is -2.50. The molecule has 10 nitrogen and oxygen atoms in total. The molecule has 3 rings (SSSR count). The van der Waals surface area contributed by atoms with Crippen molar-refractivity contribution < 1.29 is 49.1 Å². The zero-order valence-electron chi connectivity index (χ0n) is 16.2. The van der Waals surface area contributed by atoms with Crippen LogP contribution in [0.25, 0.3) is 0 Å². The normalized spacial score (nSPS) is 20.4. The number of ketones is 2. The number of hydrogen-bond donors (Lipinski definition) is 4. The van der Waals surface area contributed by atoms with E-state index in [0.717, 1.165) is 37.5 Å². The third kappa shape index (κ3) is 3.66. The van der Waals surface area contributed by atoms with Gasteiger partial charge in [-0.3, -0.25) is 9.59 Å². The van der Waals surface area contributed by atoms with Crippen molar-refractivity contribution in [1.29, 1.82) is 0 Å². The molecule has 0 spiro atoms. The van der Waals surface area contributed by atoms with Crippen LogP contribution in [-0.2, 0) is 23.9 Å².